The normalized spacial score (nSPS) is 11.4. The van der Waals surface area contributed by atoms with Crippen LogP contribution in [-0.4, -0.2) is 14.2 Å². The molecule has 2 nitrogen and oxygen atoms in total. The molecule has 0 unspecified atom stereocenters. The van der Waals surface area contributed by atoms with E-state index in [4.69, 9.17) is 9.47 Å². The molecule has 0 N–H and O–H groups in total. The average molecular weight is 312 g/mol. The first-order chi connectivity index (χ1) is 10.8. The van der Waals surface area contributed by atoms with Crippen LogP contribution in [-0.2, 0) is 11.8 Å². The van der Waals surface area contributed by atoms with Crippen molar-refractivity contribution in [2.24, 2.45) is 0 Å². The number of methoxy groups -OCH3 is 2. The largest absolute Gasteiger partial charge is 0.497 e. The second-order valence-electron chi connectivity index (χ2n) is 7.04. The zero-order valence-corrected chi connectivity index (χ0v) is 15.4. The van der Waals surface area contributed by atoms with Crippen LogP contribution in [0.3, 0.4) is 0 Å². The highest BCUT2D eigenvalue weighted by Gasteiger charge is 2.24. The van der Waals surface area contributed by atoms with E-state index < -0.39 is 0 Å². The molecule has 0 bridgehead atoms. The molecular weight excluding hydrogens is 284 g/mol. The van der Waals surface area contributed by atoms with Crippen LogP contribution in [0.25, 0.3) is 0 Å². The summed E-state index contributed by atoms with van der Waals surface area (Å²) in [5.74, 6) is 1.68. The summed E-state index contributed by atoms with van der Waals surface area (Å²) in [5, 5.41) is 0. The molecule has 23 heavy (non-hydrogen) atoms. The lowest BCUT2D eigenvalue weighted by Crippen LogP contribution is -2.22. The number of hydrogen-bond donors (Lipinski definition) is 0. The van der Waals surface area contributed by atoms with E-state index in [1.807, 2.05) is 6.07 Å². The number of ether oxygens (including phenoxy) is 2. The second-order valence-corrected chi connectivity index (χ2v) is 7.04. The third-order valence-corrected chi connectivity index (χ3v) is 4.59. The lowest BCUT2D eigenvalue weighted by atomic mass is 9.77. The van der Waals surface area contributed by atoms with Gasteiger partial charge in [0.05, 0.1) is 14.2 Å². The van der Waals surface area contributed by atoms with Crippen LogP contribution in [0.4, 0.5) is 0 Å². The van der Waals surface area contributed by atoms with E-state index in [1.165, 1.54) is 27.8 Å². The first-order valence-electron chi connectivity index (χ1n) is 8.07. The van der Waals surface area contributed by atoms with E-state index in [-0.39, 0.29) is 5.41 Å². The summed E-state index contributed by atoms with van der Waals surface area (Å²) in [4.78, 5) is 0. The number of hydrogen-bond acceptors (Lipinski definition) is 2. The molecular formula is C21H28O2. The zero-order valence-electron chi connectivity index (χ0n) is 15.4. The first kappa shape index (κ1) is 17.4. The maximum absolute atomic E-state index is 5.43. The minimum absolute atomic E-state index is 0.00734. The molecule has 2 rings (SSSR count). The number of rotatable bonds is 5. The molecule has 0 aromatic heterocycles. The Bertz CT molecular complexity index is 654. The van der Waals surface area contributed by atoms with Crippen molar-refractivity contribution in [2.45, 2.75) is 46.5 Å². The Balaban J connectivity index is 2.43. The molecule has 0 aliphatic rings. The monoisotopic (exact) mass is 312 g/mol. The minimum atomic E-state index is -0.00734. The second kappa shape index (κ2) is 6.66. The molecule has 0 saturated carbocycles. The van der Waals surface area contributed by atoms with Crippen LogP contribution in [0.2, 0.25) is 0 Å². The Hall–Kier alpha value is -1.96. The van der Waals surface area contributed by atoms with Gasteiger partial charge in [-0.25, -0.2) is 0 Å². The zero-order chi connectivity index (χ0) is 17.2. The molecule has 124 valence electrons. The van der Waals surface area contributed by atoms with Crippen LogP contribution in [0.1, 0.15) is 41.7 Å². The van der Waals surface area contributed by atoms with Crippen LogP contribution in [0.5, 0.6) is 11.5 Å². The van der Waals surface area contributed by atoms with Crippen molar-refractivity contribution in [3.63, 3.8) is 0 Å². The molecule has 0 amide bonds. The summed E-state index contributed by atoms with van der Waals surface area (Å²) in [5.41, 5.74) is 6.71. The molecule has 0 radical (unpaired) electrons. The van der Waals surface area contributed by atoms with E-state index >= 15 is 0 Å². The van der Waals surface area contributed by atoms with Gasteiger partial charge in [0.1, 0.15) is 11.5 Å². The number of benzene rings is 2. The highest BCUT2D eigenvalue weighted by Crippen LogP contribution is 2.35. The third-order valence-electron chi connectivity index (χ3n) is 4.59. The van der Waals surface area contributed by atoms with Gasteiger partial charge >= 0.3 is 0 Å². The molecule has 0 atom stereocenters. The van der Waals surface area contributed by atoms with Gasteiger partial charge in [-0.1, -0.05) is 31.5 Å². The van der Waals surface area contributed by atoms with E-state index in [9.17, 15) is 0 Å². The molecule has 0 fully saturated rings. The summed E-state index contributed by atoms with van der Waals surface area (Å²) in [6.45, 7) is 11.1. The van der Waals surface area contributed by atoms with Crippen molar-refractivity contribution in [3.05, 3.63) is 58.1 Å². The van der Waals surface area contributed by atoms with Crippen molar-refractivity contribution in [3.8, 4) is 11.5 Å². The van der Waals surface area contributed by atoms with Gasteiger partial charge in [-0.3, -0.25) is 0 Å². The fourth-order valence-electron chi connectivity index (χ4n) is 3.23. The van der Waals surface area contributed by atoms with Crippen molar-refractivity contribution >= 4 is 0 Å². The maximum atomic E-state index is 5.43. The van der Waals surface area contributed by atoms with E-state index in [1.54, 1.807) is 14.2 Å². The van der Waals surface area contributed by atoms with Gasteiger partial charge in [0.15, 0.2) is 0 Å². The maximum Gasteiger partial charge on any atom is 0.122 e. The Kier molecular flexibility index (Phi) is 5.03. The predicted molar refractivity (Wildman–Crippen MR) is 96.9 cm³/mol. The quantitative estimate of drug-likeness (QED) is 0.760. The smallest absolute Gasteiger partial charge is 0.122 e. The summed E-state index contributed by atoms with van der Waals surface area (Å²) in [6.07, 6.45) is 0.987. The minimum Gasteiger partial charge on any atom is -0.497 e. The van der Waals surface area contributed by atoms with Crippen molar-refractivity contribution in [1.29, 1.82) is 0 Å². The summed E-state index contributed by atoms with van der Waals surface area (Å²) < 4.78 is 10.9. The predicted octanol–water partition coefficient (Wildman–Crippen LogP) is 5.15. The topological polar surface area (TPSA) is 18.5 Å². The lowest BCUT2D eigenvalue weighted by molar-refractivity contribution is 0.389. The van der Waals surface area contributed by atoms with Gasteiger partial charge in [0, 0.05) is 6.07 Å². The molecule has 0 saturated heterocycles. The van der Waals surface area contributed by atoms with Gasteiger partial charge in [-0.15, -0.1) is 0 Å². The van der Waals surface area contributed by atoms with Gasteiger partial charge in [-0.2, -0.15) is 0 Å². The molecule has 0 heterocycles. The fraction of sp³-hybridized carbons (Fsp3) is 0.429. The lowest BCUT2D eigenvalue weighted by Gasteiger charge is -2.28. The first-order valence-corrected chi connectivity index (χ1v) is 8.07. The molecule has 0 aliphatic carbocycles. The van der Waals surface area contributed by atoms with Gasteiger partial charge in [0.25, 0.3) is 0 Å². The standard InChI is InChI=1S/C21H28O2/c1-14-8-15(2)20(16(3)9-14)13-21(4,5)17-10-18(22-6)12-19(11-17)23-7/h8-12H,13H2,1-7H3. The van der Waals surface area contributed by atoms with Crippen LogP contribution in [0.15, 0.2) is 30.3 Å². The summed E-state index contributed by atoms with van der Waals surface area (Å²) in [6, 6.07) is 10.7. The van der Waals surface area contributed by atoms with E-state index in [2.05, 4.69) is 58.9 Å². The van der Waals surface area contributed by atoms with Crippen molar-refractivity contribution in [2.75, 3.05) is 14.2 Å². The highest BCUT2D eigenvalue weighted by atomic mass is 16.5. The SMILES string of the molecule is COc1cc(OC)cc(C(C)(C)Cc2c(C)cc(C)cc2C)c1. The molecule has 2 aromatic carbocycles. The summed E-state index contributed by atoms with van der Waals surface area (Å²) >= 11 is 0. The Labute approximate surface area is 140 Å². The molecule has 0 aliphatic heterocycles. The fourth-order valence-corrected chi connectivity index (χ4v) is 3.23. The van der Waals surface area contributed by atoms with Gasteiger partial charge < -0.3 is 9.47 Å². The Morgan fingerprint density at radius 2 is 1.26 bits per heavy atom. The van der Waals surface area contributed by atoms with Crippen molar-refractivity contribution in [1.82, 2.24) is 0 Å². The van der Waals surface area contributed by atoms with Crippen LogP contribution < -0.4 is 9.47 Å². The molecule has 2 heteroatoms. The van der Waals surface area contributed by atoms with E-state index in [0.29, 0.717) is 0 Å². The molecule has 2 aromatic rings. The summed E-state index contributed by atoms with van der Waals surface area (Å²) in [7, 11) is 3.39. The molecule has 0 spiro atoms. The van der Waals surface area contributed by atoms with Gasteiger partial charge in [-0.05, 0) is 67.0 Å². The van der Waals surface area contributed by atoms with Gasteiger partial charge in [0.2, 0.25) is 0 Å². The average Bonchev–Trinajstić information content (AvgIpc) is 2.50. The Morgan fingerprint density at radius 3 is 1.70 bits per heavy atom. The number of aryl methyl sites for hydroxylation is 3. The van der Waals surface area contributed by atoms with Crippen molar-refractivity contribution < 1.29 is 9.47 Å². The highest BCUT2D eigenvalue weighted by molar-refractivity contribution is 5.44. The Morgan fingerprint density at radius 1 is 0.783 bits per heavy atom. The van der Waals surface area contributed by atoms with Crippen LogP contribution >= 0.6 is 0 Å². The van der Waals surface area contributed by atoms with E-state index in [0.717, 1.165) is 17.9 Å². The third kappa shape index (κ3) is 3.87. The van der Waals surface area contributed by atoms with Crippen LogP contribution in [0, 0.1) is 20.8 Å².